The standard InChI is InChI=1S/C10H15FIN3/c1-7-5-3-4-6-8-9(10(7,11)12)13-14-15(8)2/h7H,3-6H2,1-2H3. The molecule has 0 bridgehead atoms. The average Bonchev–Trinajstić information content (AvgIpc) is 2.53. The van der Waals surface area contributed by atoms with Crippen molar-refractivity contribution in [3.8, 4) is 0 Å². The molecule has 0 aliphatic heterocycles. The summed E-state index contributed by atoms with van der Waals surface area (Å²) in [6.45, 7) is 1.95. The van der Waals surface area contributed by atoms with E-state index in [0.717, 1.165) is 31.4 Å². The highest BCUT2D eigenvalue weighted by Gasteiger charge is 2.41. The molecule has 1 aliphatic rings. The molecule has 84 valence electrons. The normalized spacial score (nSPS) is 31.9. The van der Waals surface area contributed by atoms with Gasteiger partial charge >= 0.3 is 0 Å². The van der Waals surface area contributed by atoms with Crippen LogP contribution in [-0.4, -0.2) is 15.0 Å². The molecule has 0 radical (unpaired) electrons. The molecule has 1 aromatic rings. The molecule has 1 aliphatic carbocycles. The lowest BCUT2D eigenvalue weighted by Gasteiger charge is -2.27. The van der Waals surface area contributed by atoms with Crippen LogP contribution in [0.5, 0.6) is 0 Å². The number of aromatic nitrogens is 3. The van der Waals surface area contributed by atoms with Crippen LogP contribution in [0.1, 0.15) is 37.6 Å². The number of nitrogens with zero attached hydrogens (tertiary/aromatic N) is 3. The summed E-state index contributed by atoms with van der Waals surface area (Å²) in [5, 5.41) is 7.93. The molecule has 0 saturated heterocycles. The van der Waals surface area contributed by atoms with Gasteiger partial charge in [-0.1, -0.05) is 18.6 Å². The van der Waals surface area contributed by atoms with Crippen molar-refractivity contribution >= 4 is 22.6 Å². The van der Waals surface area contributed by atoms with E-state index < -0.39 is 3.68 Å². The predicted molar refractivity (Wildman–Crippen MR) is 64.5 cm³/mol. The fraction of sp³-hybridized carbons (Fsp3) is 0.800. The maximum absolute atomic E-state index is 14.6. The highest BCUT2D eigenvalue weighted by Crippen LogP contribution is 2.44. The Morgan fingerprint density at radius 3 is 3.00 bits per heavy atom. The van der Waals surface area contributed by atoms with E-state index in [4.69, 9.17) is 0 Å². The zero-order valence-corrected chi connectivity index (χ0v) is 11.2. The number of hydrogen-bond acceptors (Lipinski definition) is 2. The molecule has 0 saturated carbocycles. The van der Waals surface area contributed by atoms with E-state index in [1.807, 2.05) is 36.6 Å². The van der Waals surface area contributed by atoms with E-state index in [0.29, 0.717) is 5.69 Å². The van der Waals surface area contributed by atoms with E-state index >= 15 is 0 Å². The lowest BCUT2D eigenvalue weighted by Crippen LogP contribution is -2.25. The van der Waals surface area contributed by atoms with Crippen LogP contribution in [0.4, 0.5) is 4.39 Å². The van der Waals surface area contributed by atoms with Gasteiger partial charge in [0.25, 0.3) is 0 Å². The van der Waals surface area contributed by atoms with Crippen LogP contribution in [-0.2, 0) is 17.1 Å². The minimum Gasteiger partial charge on any atom is -0.252 e. The maximum Gasteiger partial charge on any atom is 0.208 e. The van der Waals surface area contributed by atoms with Gasteiger partial charge in [-0.05, 0) is 41.9 Å². The molecule has 0 N–H and O–H groups in total. The van der Waals surface area contributed by atoms with Gasteiger partial charge in [0.1, 0.15) is 5.69 Å². The Labute approximate surface area is 103 Å². The minimum atomic E-state index is -1.36. The van der Waals surface area contributed by atoms with Gasteiger partial charge in [0.05, 0.1) is 5.69 Å². The molecule has 2 atom stereocenters. The van der Waals surface area contributed by atoms with Gasteiger partial charge in [-0.3, -0.25) is 4.68 Å². The van der Waals surface area contributed by atoms with Gasteiger partial charge < -0.3 is 0 Å². The molecule has 0 amide bonds. The second-order valence-corrected chi connectivity index (χ2v) is 5.85. The molecule has 2 rings (SSSR count). The van der Waals surface area contributed by atoms with Crippen LogP contribution in [0.15, 0.2) is 0 Å². The molecular formula is C10H15FIN3. The predicted octanol–water partition coefficient (Wildman–Crippen LogP) is 2.73. The first kappa shape index (κ1) is 11.3. The summed E-state index contributed by atoms with van der Waals surface area (Å²) in [6, 6.07) is 0. The van der Waals surface area contributed by atoms with Gasteiger partial charge in [0, 0.05) is 13.0 Å². The highest BCUT2D eigenvalue weighted by molar-refractivity contribution is 14.1. The third-order valence-corrected chi connectivity index (χ3v) is 4.75. The molecule has 15 heavy (non-hydrogen) atoms. The fourth-order valence-corrected chi connectivity index (χ4v) is 2.80. The molecule has 0 fully saturated rings. The molecule has 2 unspecified atom stereocenters. The maximum atomic E-state index is 14.6. The molecule has 1 aromatic heterocycles. The van der Waals surface area contributed by atoms with Gasteiger partial charge in [-0.25, -0.2) is 4.39 Å². The Morgan fingerprint density at radius 2 is 2.27 bits per heavy atom. The zero-order chi connectivity index (χ0) is 11.1. The van der Waals surface area contributed by atoms with Gasteiger partial charge in [-0.15, -0.1) is 5.10 Å². The minimum absolute atomic E-state index is 0.00819. The third-order valence-electron chi connectivity index (χ3n) is 3.18. The second-order valence-electron chi connectivity index (χ2n) is 4.28. The highest BCUT2D eigenvalue weighted by atomic mass is 127. The largest absolute Gasteiger partial charge is 0.252 e. The summed E-state index contributed by atoms with van der Waals surface area (Å²) in [5.74, 6) is 0.00819. The van der Waals surface area contributed by atoms with Crippen LogP contribution in [0.3, 0.4) is 0 Å². The average molecular weight is 323 g/mol. The summed E-state index contributed by atoms with van der Waals surface area (Å²) < 4.78 is 14.9. The van der Waals surface area contributed by atoms with Crippen molar-refractivity contribution in [3.63, 3.8) is 0 Å². The van der Waals surface area contributed by atoms with Crippen molar-refractivity contribution in [1.82, 2.24) is 15.0 Å². The zero-order valence-electron chi connectivity index (χ0n) is 9.00. The lowest BCUT2D eigenvalue weighted by molar-refractivity contribution is 0.199. The van der Waals surface area contributed by atoms with Gasteiger partial charge in [0.15, 0.2) is 0 Å². The van der Waals surface area contributed by atoms with Gasteiger partial charge in [0.2, 0.25) is 3.68 Å². The molecule has 5 heteroatoms. The van der Waals surface area contributed by atoms with E-state index in [2.05, 4.69) is 10.3 Å². The fourth-order valence-electron chi connectivity index (χ4n) is 2.07. The Kier molecular flexibility index (Phi) is 3.00. The molecular weight excluding hydrogens is 308 g/mol. The summed E-state index contributed by atoms with van der Waals surface area (Å²) >= 11 is 1.88. The number of aryl methyl sites for hydroxylation is 1. The van der Waals surface area contributed by atoms with Crippen LogP contribution in [0.2, 0.25) is 0 Å². The first-order chi connectivity index (χ1) is 7.03. The molecule has 3 nitrogen and oxygen atoms in total. The van der Waals surface area contributed by atoms with Crippen molar-refractivity contribution in [1.29, 1.82) is 0 Å². The molecule has 0 spiro atoms. The first-order valence-corrected chi connectivity index (χ1v) is 6.38. The molecule has 1 heterocycles. The van der Waals surface area contributed by atoms with E-state index in [-0.39, 0.29) is 5.92 Å². The Balaban J connectivity index is 2.48. The van der Waals surface area contributed by atoms with Crippen LogP contribution >= 0.6 is 22.6 Å². The first-order valence-electron chi connectivity index (χ1n) is 5.30. The number of alkyl halides is 2. The Hall–Kier alpha value is -0.200. The van der Waals surface area contributed by atoms with Crippen molar-refractivity contribution < 1.29 is 4.39 Å². The SMILES string of the molecule is CC1CCCCc2c(nnn2C)C1(F)I. The van der Waals surface area contributed by atoms with Crippen LogP contribution in [0.25, 0.3) is 0 Å². The van der Waals surface area contributed by atoms with Gasteiger partial charge in [-0.2, -0.15) is 0 Å². The summed E-state index contributed by atoms with van der Waals surface area (Å²) in [7, 11) is 1.84. The van der Waals surface area contributed by atoms with Crippen LogP contribution < -0.4 is 0 Å². The summed E-state index contributed by atoms with van der Waals surface area (Å²) in [5.41, 5.74) is 1.50. The summed E-state index contributed by atoms with van der Waals surface area (Å²) in [4.78, 5) is 0. The van der Waals surface area contributed by atoms with Crippen LogP contribution in [0, 0.1) is 5.92 Å². The molecule has 0 aromatic carbocycles. The summed E-state index contributed by atoms with van der Waals surface area (Å²) in [6.07, 6.45) is 4.00. The van der Waals surface area contributed by atoms with E-state index in [9.17, 15) is 4.39 Å². The number of hydrogen-bond donors (Lipinski definition) is 0. The van der Waals surface area contributed by atoms with E-state index in [1.54, 1.807) is 4.68 Å². The Bertz CT molecular complexity index is 362. The van der Waals surface area contributed by atoms with Crippen molar-refractivity contribution in [2.45, 2.75) is 36.3 Å². The quantitative estimate of drug-likeness (QED) is 0.543. The number of halogens is 2. The second kappa shape index (κ2) is 3.99. The lowest BCUT2D eigenvalue weighted by atomic mass is 9.91. The Morgan fingerprint density at radius 1 is 1.53 bits per heavy atom. The topological polar surface area (TPSA) is 30.7 Å². The monoisotopic (exact) mass is 323 g/mol. The van der Waals surface area contributed by atoms with Crippen molar-refractivity contribution in [2.24, 2.45) is 13.0 Å². The smallest absolute Gasteiger partial charge is 0.208 e. The number of fused-ring (bicyclic) bond motifs is 1. The number of rotatable bonds is 0. The van der Waals surface area contributed by atoms with Crippen molar-refractivity contribution in [2.75, 3.05) is 0 Å². The van der Waals surface area contributed by atoms with Crippen molar-refractivity contribution in [3.05, 3.63) is 11.4 Å². The third kappa shape index (κ3) is 1.90. The van der Waals surface area contributed by atoms with E-state index in [1.165, 1.54) is 0 Å².